The van der Waals surface area contributed by atoms with Crippen molar-refractivity contribution in [2.45, 2.75) is 11.8 Å². The van der Waals surface area contributed by atoms with Gasteiger partial charge in [-0.05, 0) is 34.5 Å². The van der Waals surface area contributed by atoms with E-state index in [0.717, 1.165) is 11.1 Å². The van der Waals surface area contributed by atoms with Crippen molar-refractivity contribution in [3.05, 3.63) is 63.4 Å². The minimum absolute atomic E-state index is 0.0424. The summed E-state index contributed by atoms with van der Waals surface area (Å²) in [7, 11) is 1.54. The number of hydrogen-bond donors (Lipinski definition) is 0. The maximum absolute atomic E-state index is 13.5. The molecule has 4 heteroatoms. The van der Waals surface area contributed by atoms with Gasteiger partial charge in [0.25, 0.3) is 0 Å². The summed E-state index contributed by atoms with van der Waals surface area (Å²) in [6.07, 6.45) is 0. The van der Waals surface area contributed by atoms with Crippen molar-refractivity contribution in [3.63, 3.8) is 0 Å². The van der Waals surface area contributed by atoms with E-state index in [-0.39, 0.29) is 10.6 Å². The van der Waals surface area contributed by atoms with Crippen molar-refractivity contribution in [2.75, 3.05) is 7.11 Å². The Hall–Kier alpha value is -0.870. The summed E-state index contributed by atoms with van der Waals surface area (Å²) in [5.41, 5.74) is 3.18. The topological polar surface area (TPSA) is 9.23 Å². The highest BCUT2D eigenvalue weighted by Crippen LogP contribution is 2.39. The van der Waals surface area contributed by atoms with Crippen molar-refractivity contribution in [1.29, 1.82) is 0 Å². The van der Waals surface area contributed by atoms with Crippen LogP contribution in [0.4, 0.5) is 4.39 Å². The third-order valence-corrected chi connectivity index (χ3v) is 4.51. The van der Waals surface area contributed by atoms with Crippen LogP contribution in [0.5, 0.6) is 5.75 Å². The van der Waals surface area contributed by atoms with Gasteiger partial charge in [0.15, 0.2) is 0 Å². The highest BCUT2D eigenvalue weighted by molar-refractivity contribution is 9.10. The van der Waals surface area contributed by atoms with E-state index in [1.807, 2.05) is 25.1 Å². The molecule has 1 atom stereocenters. The molecule has 0 aliphatic heterocycles. The zero-order chi connectivity index (χ0) is 14.0. The third-order valence-electron chi connectivity index (χ3n) is 2.88. The number of aryl methyl sites for hydroxylation is 1. The molecular formula is C15H13Br2FO. The van der Waals surface area contributed by atoms with E-state index in [9.17, 15) is 4.39 Å². The van der Waals surface area contributed by atoms with Crippen LogP contribution in [0.1, 0.15) is 21.5 Å². The SMILES string of the molecule is COc1cc(F)c(Br)cc1C(Br)c1cccc(C)c1. The number of ether oxygens (including phenoxy) is 1. The van der Waals surface area contributed by atoms with Crippen LogP contribution in [-0.2, 0) is 0 Å². The van der Waals surface area contributed by atoms with E-state index >= 15 is 0 Å². The largest absolute Gasteiger partial charge is 0.496 e. The highest BCUT2D eigenvalue weighted by atomic mass is 79.9. The quantitative estimate of drug-likeness (QED) is 0.641. The summed E-state index contributed by atoms with van der Waals surface area (Å²) in [4.78, 5) is -0.0424. The normalized spacial score (nSPS) is 12.3. The number of methoxy groups -OCH3 is 1. The van der Waals surface area contributed by atoms with Crippen molar-refractivity contribution in [2.24, 2.45) is 0 Å². The molecule has 0 spiro atoms. The average molecular weight is 388 g/mol. The van der Waals surface area contributed by atoms with Crippen LogP contribution in [0.3, 0.4) is 0 Å². The number of benzene rings is 2. The minimum atomic E-state index is -0.329. The first-order chi connectivity index (χ1) is 9.02. The number of halogens is 3. The molecule has 0 aromatic heterocycles. The molecule has 0 bridgehead atoms. The second kappa shape index (κ2) is 6.06. The van der Waals surface area contributed by atoms with Gasteiger partial charge in [-0.3, -0.25) is 0 Å². The molecule has 100 valence electrons. The second-order valence-electron chi connectivity index (χ2n) is 4.28. The molecule has 0 heterocycles. The molecular weight excluding hydrogens is 375 g/mol. The lowest BCUT2D eigenvalue weighted by molar-refractivity contribution is 0.406. The van der Waals surface area contributed by atoms with Crippen LogP contribution in [0.25, 0.3) is 0 Å². The minimum Gasteiger partial charge on any atom is -0.496 e. The van der Waals surface area contributed by atoms with Gasteiger partial charge >= 0.3 is 0 Å². The molecule has 0 saturated heterocycles. The second-order valence-corrected chi connectivity index (χ2v) is 6.05. The number of alkyl halides is 1. The van der Waals surface area contributed by atoms with Gasteiger partial charge in [0.1, 0.15) is 11.6 Å². The molecule has 1 unspecified atom stereocenters. The average Bonchev–Trinajstić information content (AvgIpc) is 2.40. The highest BCUT2D eigenvalue weighted by Gasteiger charge is 2.18. The maximum Gasteiger partial charge on any atom is 0.141 e. The smallest absolute Gasteiger partial charge is 0.141 e. The number of hydrogen-bond acceptors (Lipinski definition) is 1. The van der Waals surface area contributed by atoms with Gasteiger partial charge in [0.2, 0.25) is 0 Å². The first-order valence-electron chi connectivity index (χ1n) is 5.76. The Bertz CT molecular complexity index is 599. The van der Waals surface area contributed by atoms with Crippen molar-refractivity contribution >= 4 is 31.9 Å². The first kappa shape index (κ1) is 14.5. The van der Waals surface area contributed by atoms with Crippen LogP contribution < -0.4 is 4.74 Å². The lowest BCUT2D eigenvalue weighted by Crippen LogP contribution is -1.99. The molecule has 0 amide bonds. The number of rotatable bonds is 3. The molecule has 2 aromatic rings. The van der Waals surface area contributed by atoms with E-state index < -0.39 is 0 Å². The Morgan fingerprint density at radius 3 is 2.58 bits per heavy atom. The fraction of sp³-hybridized carbons (Fsp3) is 0.200. The van der Waals surface area contributed by atoms with E-state index in [1.165, 1.54) is 11.6 Å². The molecule has 0 N–H and O–H groups in total. The van der Waals surface area contributed by atoms with Gasteiger partial charge in [-0.2, -0.15) is 0 Å². The summed E-state index contributed by atoms with van der Waals surface area (Å²) in [6, 6.07) is 11.3. The van der Waals surface area contributed by atoms with E-state index in [0.29, 0.717) is 10.2 Å². The molecule has 0 fully saturated rings. The summed E-state index contributed by atoms with van der Waals surface area (Å²) in [5.74, 6) is 0.202. The summed E-state index contributed by atoms with van der Waals surface area (Å²) < 4.78 is 19.2. The Morgan fingerprint density at radius 2 is 1.95 bits per heavy atom. The Balaban J connectivity index is 2.49. The van der Waals surface area contributed by atoms with Crippen molar-refractivity contribution < 1.29 is 9.13 Å². The zero-order valence-corrected chi connectivity index (χ0v) is 13.8. The third kappa shape index (κ3) is 3.18. The monoisotopic (exact) mass is 386 g/mol. The van der Waals surface area contributed by atoms with Crippen LogP contribution in [-0.4, -0.2) is 7.11 Å². The summed E-state index contributed by atoms with van der Waals surface area (Å²) >= 11 is 6.87. The lowest BCUT2D eigenvalue weighted by atomic mass is 10.0. The molecule has 0 radical (unpaired) electrons. The predicted molar refractivity (Wildman–Crippen MR) is 82.6 cm³/mol. The Labute approximate surface area is 129 Å². The van der Waals surface area contributed by atoms with Crippen molar-refractivity contribution in [1.82, 2.24) is 0 Å². The van der Waals surface area contributed by atoms with Crippen molar-refractivity contribution in [3.8, 4) is 5.75 Å². The molecule has 0 saturated carbocycles. The van der Waals surface area contributed by atoms with E-state index in [2.05, 4.69) is 37.9 Å². The molecule has 0 aliphatic rings. The fourth-order valence-corrected chi connectivity index (χ4v) is 2.93. The van der Waals surface area contributed by atoms with E-state index in [1.54, 1.807) is 13.2 Å². The standard InChI is InChI=1S/C15H13Br2FO/c1-9-4-3-5-10(6-9)15(17)11-7-12(16)13(18)8-14(11)19-2/h3-8,15H,1-2H3. The van der Waals surface area contributed by atoms with Gasteiger partial charge in [0, 0.05) is 11.6 Å². The Kier molecular flexibility index (Phi) is 4.63. The molecule has 2 rings (SSSR count). The summed E-state index contributed by atoms with van der Waals surface area (Å²) in [5, 5.41) is 0. The summed E-state index contributed by atoms with van der Waals surface area (Å²) in [6.45, 7) is 2.04. The van der Waals surface area contributed by atoms with Crippen LogP contribution in [0.2, 0.25) is 0 Å². The van der Waals surface area contributed by atoms with Crippen LogP contribution in [0.15, 0.2) is 40.9 Å². The van der Waals surface area contributed by atoms with Gasteiger partial charge in [-0.1, -0.05) is 45.8 Å². The maximum atomic E-state index is 13.5. The van der Waals surface area contributed by atoms with Crippen LogP contribution >= 0.6 is 31.9 Å². The molecule has 19 heavy (non-hydrogen) atoms. The lowest BCUT2D eigenvalue weighted by Gasteiger charge is -2.16. The first-order valence-corrected chi connectivity index (χ1v) is 7.47. The molecule has 2 aromatic carbocycles. The fourth-order valence-electron chi connectivity index (χ4n) is 1.93. The van der Waals surface area contributed by atoms with Gasteiger partial charge in [-0.15, -0.1) is 0 Å². The predicted octanol–water partition coefficient (Wildman–Crippen LogP) is 5.39. The zero-order valence-electron chi connectivity index (χ0n) is 10.6. The molecule has 0 aliphatic carbocycles. The van der Waals surface area contributed by atoms with E-state index in [4.69, 9.17) is 4.74 Å². The van der Waals surface area contributed by atoms with Gasteiger partial charge in [-0.25, -0.2) is 4.39 Å². The van der Waals surface area contributed by atoms with Gasteiger partial charge < -0.3 is 4.74 Å². The Morgan fingerprint density at radius 1 is 1.21 bits per heavy atom. The molecule has 1 nitrogen and oxygen atoms in total. The van der Waals surface area contributed by atoms with Gasteiger partial charge in [0.05, 0.1) is 16.4 Å². The van der Waals surface area contributed by atoms with Crippen LogP contribution in [0, 0.1) is 12.7 Å².